The fourth-order valence-electron chi connectivity index (χ4n) is 1.03. The molecule has 0 fully saturated rings. The topological polar surface area (TPSA) is 46.5 Å². The standard InChI is InChI=1S/C13H26O3Si/c1-11(12(14)15)9-7-8-10-16-17(5,6)13(2,3)4/h9H,7-8,10H2,1-6H3,(H,14,15). The van der Waals surface area contributed by atoms with Gasteiger partial charge in [0.2, 0.25) is 0 Å². The van der Waals surface area contributed by atoms with Crippen LogP contribution in [0.5, 0.6) is 0 Å². The van der Waals surface area contributed by atoms with Crippen LogP contribution >= 0.6 is 0 Å². The van der Waals surface area contributed by atoms with Gasteiger partial charge < -0.3 is 9.53 Å². The first kappa shape index (κ1) is 16.4. The molecule has 0 aliphatic carbocycles. The quantitative estimate of drug-likeness (QED) is 0.447. The van der Waals surface area contributed by atoms with Crippen LogP contribution < -0.4 is 0 Å². The average molecular weight is 258 g/mol. The lowest BCUT2D eigenvalue weighted by Crippen LogP contribution is -2.40. The van der Waals surface area contributed by atoms with Crippen LogP contribution in [0.25, 0.3) is 0 Å². The Morgan fingerprint density at radius 3 is 2.29 bits per heavy atom. The molecule has 0 amide bonds. The number of hydrogen-bond acceptors (Lipinski definition) is 2. The van der Waals surface area contributed by atoms with Gasteiger partial charge in [-0.2, -0.15) is 0 Å². The first-order valence-electron chi connectivity index (χ1n) is 6.12. The Morgan fingerprint density at radius 2 is 1.88 bits per heavy atom. The van der Waals surface area contributed by atoms with Crippen LogP contribution in [0.1, 0.15) is 40.5 Å². The molecule has 0 aromatic heterocycles. The van der Waals surface area contributed by atoms with E-state index in [1.54, 1.807) is 13.0 Å². The first-order chi connectivity index (χ1) is 7.58. The Morgan fingerprint density at radius 1 is 1.35 bits per heavy atom. The monoisotopic (exact) mass is 258 g/mol. The van der Waals surface area contributed by atoms with E-state index in [4.69, 9.17) is 9.53 Å². The van der Waals surface area contributed by atoms with Crippen molar-refractivity contribution in [2.24, 2.45) is 0 Å². The predicted molar refractivity (Wildman–Crippen MR) is 73.8 cm³/mol. The molecule has 0 atom stereocenters. The van der Waals surface area contributed by atoms with E-state index in [-0.39, 0.29) is 5.04 Å². The van der Waals surface area contributed by atoms with E-state index in [0.717, 1.165) is 19.4 Å². The van der Waals surface area contributed by atoms with Gasteiger partial charge in [-0.05, 0) is 37.9 Å². The summed E-state index contributed by atoms with van der Waals surface area (Å²) >= 11 is 0. The highest BCUT2D eigenvalue weighted by atomic mass is 28.4. The van der Waals surface area contributed by atoms with Gasteiger partial charge in [0.1, 0.15) is 0 Å². The molecule has 3 nitrogen and oxygen atoms in total. The van der Waals surface area contributed by atoms with Gasteiger partial charge in [-0.25, -0.2) is 4.79 Å². The van der Waals surface area contributed by atoms with Crippen LogP contribution in [0.4, 0.5) is 0 Å². The third-order valence-electron chi connectivity index (χ3n) is 3.41. The van der Waals surface area contributed by atoms with E-state index in [1.165, 1.54) is 0 Å². The molecule has 0 rings (SSSR count). The normalized spacial score (nSPS) is 13.9. The molecule has 0 aromatic carbocycles. The molecule has 1 N–H and O–H groups in total. The summed E-state index contributed by atoms with van der Waals surface area (Å²) in [5.41, 5.74) is 0.414. The van der Waals surface area contributed by atoms with Crippen molar-refractivity contribution in [1.29, 1.82) is 0 Å². The van der Waals surface area contributed by atoms with Crippen molar-refractivity contribution in [2.75, 3.05) is 6.61 Å². The van der Waals surface area contributed by atoms with Crippen LogP contribution in [0.3, 0.4) is 0 Å². The number of unbranched alkanes of at least 4 members (excludes halogenated alkanes) is 1. The summed E-state index contributed by atoms with van der Waals surface area (Å²) < 4.78 is 6.00. The molecular formula is C13H26O3Si. The molecule has 0 radical (unpaired) electrons. The molecule has 4 heteroatoms. The first-order valence-corrected chi connectivity index (χ1v) is 9.03. The maximum atomic E-state index is 10.6. The van der Waals surface area contributed by atoms with E-state index >= 15 is 0 Å². The Labute approximate surface area is 106 Å². The van der Waals surface area contributed by atoms with Gasteiger partial charge in [0, 0.05) is 12.2 Å². The summed E-state index contributed by atoms with van der Waals surface area (Å²) in [5, 5.41) is 8.92. The van der Waals surface area contributed by atoms with Crippen molar-refractivity contribution in [3.8, 4) is 0 Å². The predicted octanol–water partition coefficient (Wildman–Crippen LogP) is 3.82. The van der Waals surface area contributed by atoms with Crippen LogP contribution in [-0.4, -0.2) is 26.0 Å². The van der Waals surface area contributed by atoms with Gasteiger partial charge in [0.25, 0.3) is 0 Å². The fraction of sp³-hybridized carbons (Fsp3) is 0.769. The molecule has 100 valence electrons. The van der Waals surface area contributed by atoms with Crippen molar-refractivity contribution >= 4 is 14.3 Å². The minimum Gasteiger partial charge on any atom is -0.478 e. The van der Waals surface area contributed by atoms with Crippen LogP contribution in [0.15, 0.2) is 11.6 Å². The minimum absolute atomic E-state index is 0.236. The van der Waals surface area contributed by atoms with Crippen LogP contribution in [0.2, 0.25) is 18.1 Å². The summed E-state index contributed by atoms with van der Waals surface area (Å²) in [6.07, 6.45) is 3.42. The lowest BCUT2D eigenvalue weighted by Gasteiger charge is -2.36. The Bertz CT molecular complexity index is 288. The second kappa shape index (κ2) is 6.35. The number of carboxylic acids is 1. The number of carbonyl (C=O) groups is 1. The van der Waals surface area contributed by atoms with Crippen LogP contribution in [-0.2, 0) is 9.22 Å². The Hall–Kier alpha value is -0.613. The molecule has 0 bridgehead atoms. The smallest absolute Gasteiger partial charge is 0.330 e. The van der Waals surface area contributed by atoms with Crippen molar-refractivity contribution in [1.82, 2.24) is 0 Å². The van der Waals surface area contributed by atoms with Crippen molar-refractivity contribution in [3.05, 3.63) is 11.6 Å². The highest BCUT2D eigenvalue weighted by Crippen LogP contribution is 2.36. The van der Waals surface area contributed by atoms with Crippen LogP contribution in [0, 0.1) is 0 Å². The number of carboxylic acid groups (broad SMARTS) is 1. The van der Waals surface area contributed by atoms with Crippen molar-refractivity contribution in [3.63, 3.8) is 0 Å². The number of rotatable bonds is 6. The summed E-state index contributed by atoms with van der Waals surface area (Å²) in [6, 6.07) is 0. The van der Waals surface area contributed by atoms with Gasteiger partial charge in [-0.3, -0.25) is 0 Å². The van der Waals surface area contributed by atoms with E-state index in [0.29, 0.717) is 5.57 Å². The summed E-state index contributed by atoms with van der Waals surface area (Å²) in [6.45, 7) is 13.4. The maximum absolute atomic E-state index is 10.6. The number of hydrogen-bond donors (Lipinski definition) is 1. The third-order valence-corrected chi connectivity index (χ3v) is 7.94. The molecule has 0 saturated heterocycles. The zero-order valence-corrected chi connectivity index (χ0v) is 13.0. The molecule has 0 aliphatic rings. The molecule has 17 heavy (non-hydrogen) atoms. The lowest BCUT2D eigenvalue weighted by molar-refractivity contribution is -0.132. The summed E-state index contributed by atoms with van der Waals surface area (Å²) in [7, 11) is -1.64. The molecule has 0 heterocycles. The van der Waals surface area contributed by atoms with Gasteiger partial charge in [0.15, 0.2) is 8.32 Å². The average Bonchev–Trinajstić information content (AvgIpc) is 2.14. The Balaban J connectivity index is 3.95. The molecule has 0 unspecified atom stereocenters. The van der Waals surface area contributed by atoms with Crippen molar-refractivity contribution < 1.29 is 14.3 Å². The summed E-state index contributed by atoms with van der Waals surface area (Å²) in [4.78, 5) is 10.6. The van der Waals surface area contributed by atoms with E-state index in [1.807, 2.05) is 0 Å². The van der Waals surface area contributed by atoms with Gasteiger partial charge in [0.05, 0.1) is 0 Å². The maximum Gasteiger partial charge on any atom is 0.330 e. The summed E-state index contributed by atoms with van der Waals surface area (Å²) in [5.74, 6) is -0.838. The second-order valence-corrected chi connectivity index (χ2v) is 10.8. The Kier molecular flexibility index (Phi) is 6.13. The van der Waals surface area contributed by atoms with Gasteiger partial charge in [-0.15, -0.1) is 0 Å². The molecule has 0 aromatic rings. The SMILES string of the molecule is CC(=CCCCO[Si](C)(C)C(C)(C)C)C(=O)O. The second-order valence-electron chi connectivity index (χ2n) is 5.94. The zero-order chi connectivity index (χ0) is 13.7. The largest absolute Gasteiger partial charge is 0.478 e. The number of aliphatic carboxylic acids is 1. The van der Waals surface area contributed by atoms with Gasteiger partial charge in [-0.1, -0.05) is 26.8 Å². The van der Waals surface area contributed by atoms with E-state index in [2.05, 4.69) is 33.9 Å². The minimum atomic E-state index is -1.64. The third kappa shape index (κ3) is 6.03. The molecule has 0 spiro atoms. The molecular weight excluding hydrogens is 232 g/mol. The molecule has 0 saturated carbocycles. The highest BCUT2D eigenvalue weighted by Gasteiger charge is 2.36. The van der Waals surface area contributed by atoms with Crippen molar-refractivity contribution in [2.45, 2.75) is 58.7 Å². The molecule has 0 aliphatic heterocycles. The van der Waals surface area contributed by atoms with Gasteiger partial charge >= 0.3 is 5.97 Å². The number of allylic oxidation sites excluding steroid dienone is 1. The van der Waals surface area contributed by atoms with E-state index in [9.17, 15) is 4.79 Å². The lowest BCUT2D eigenvalue weighted by atomic mass is 10.2. The zero-order valence-electron chi connectivity index (χ0n) is 12.0. The highest BCUT2D eigenvalue weighted by molar-refractivity contribution is 6.74. The fourth-order valence-corrected chi connectivity index (χ4v) is 2.12. The van der Waals surface area contributed by atoms with E-state index < -0.39 is 14.3 Å².